The van der Waals surface area contributed by atoms with Gasteiger partial charge < -0.3 is 10.5 Å². The van der Waals surface area contributed by atoms with Gasteiger partial charge in [-0.15, -0.1) is 12.4 Å². The Morgan fingerprint density at radius 2 is 2.11 bits per heavy atom. The van der Waals surface area contributed by atoms with E-state index in [1.54, 1.807) is 25.1 Å². The Morgan fingerprint density at radius 1 is 1.50 bits per heavy atom. The minimum Gasteiger partial charge on any atom is -0.464 e. The molecule has 1 aromatic rings. The molecular weight excluding hydrogens is 392 g/mol. The molecule has 0 amide bonds. The second-order valence-electron chi connectivity index (χ2n) is 3.35. The van der Waals surface area contributed by atoms with E-state index in [4.69, 9.17) is 5.73 Å². The molecule has 0 fully saturated rings. The summed E-state index contributed by atoms with van der Waals surface area (Å²) in [7, 11) is 0. The lowest BCUT2D eigenvalue weighted by molar-refractivity contribution is -0.149. The van der Waals surface area contributed by atoms with E-state index in [1.807, 2.05) is 0 Å². The molecule has 0 radical (unpaired) electrons. The van der Waals surface area contributed by atoms with Crippen molar-refractivity contribution in [1.82, 2.24) is 0 Å². The quantitative estimate of drug-likeness (QED) is 0.780. The monoisotopic (exact) mass is 403 g/mol. The number of carbonyl (C=O) groups is 1. The predicted octanol–water partition coefficient (Wildman–Crippen LogP) is 3.53. The average Bonchev–Trinajstić information content (AvgIpc) is 2.30. The van der Waals surface area contributed by atoms with E-state index in [9.17, 15) is 9.18 Å². The first-order valence-electron chi connectivity index (χ1n) is 4.98. The molecular formula is C11H13Br2ClFNO2. The maximum atomic E-state index is 13.7. The number of alkyl halides is 1. The first-order chi connectivity index (χ1) is 7.97. The second kappa shape index (κ2) is 8.09. The molecule has 2 atom stereocenters. The molecule has 0 bridgehead atoms. The van der Waals surface area contributed by atoms with Crippen LogP contribution in [0, 0.1) is 0 Å². The van der Waals surface area contributed by atoms with E-state index in [0.29, 0.717) is 10.0 Å². The topological polar surface area (TPSA) is 52.3 Å². The number of benzene rings is 1. The fourth-order valence-electron chi connectivity index (χ4n) is 1.30. The lowest BCUT2D eigenvalue weighted by Gasteiger charge is -2.17. The van der Waals surface area contributed by atoms with Gasteiger partial charge in [0, 0.05) is 8.95 Å². The molecule has 0 aromatic heterocycles. The zero-order valence-electron chi connectivity index (χ0n) is 9.53. The number of esters is 1. The smallest absolute Gasteiger partial charge is 0.342 e. The van der Waals surface area contributed by atoms with Crippen LogP contribution in [0.1, 0.15) is 18.5 Å². The summed E-state index contributed by atoms with van der Waals surface area (Å²) in [6, 6.07) is 4.14. The normalized spacial score (nSPS) is 13.4. The van der Waals surface area contributed by atoms with Gasteiger partial charge in [-0.3, -0.25) is 0 Å². The van der Waals surface area contributed by atoms with Crippen LogP contribution in [0.25, 0.3) is 0 Å². The van der Waals surface area contributed by atoms with Gasteiger partial charge in [-0.25, -0.2) is 9.18 Å². The third-order valence-electron chi connectivity index (χ3n) is 2.14. The Bertz CT molecular complexity index is 420. The van der Waals surface area contributed by atoms with Crippen LogP contribution in [0.3, 0.4) is 0 Å². The molecule has 2 N–H and O–H groups in total. The van der Waals surface area contributed by atoms with E-state index in [2.05, 4.69) is 36.6 Å². The summed E-state index contributed by atoms with van der Waals surface area (Å²) in [6.07, 6.45) is -1.87. The fourth-order valence-corrected chi connectivity index (χ4v) is 2.19. The van der Waals surface area contributed by atoms with E-state index < -0.39 is 18.2 Å². The summed E-state index contributed by atoms with van der Waals surface area (Å²) in [5.41, 5.74) is 6.23. The molecule has 0 aliphatic carbocycles. The Morgan fingerprint density at radius 3 is 2.67 bits per heavy atom. The van der Waals surface area contributed by atoms with Gasteiger partial charge in [-0.2, -0.15) is 0 Å². The van der Waals surface area contributed by atoms with Crippen LogP contribution >= 0.6 is 44.3 Å². The lowest BCUT2D eigenvalue weighted by Crippen LogP contribution is -2.31. The first kappa shape index (κ1) is 17.8. The van der Waals surface area contributed by atoms with Crippen molar-refractivity contribution in [2.75, 3.05) is 6.61 Å². The Labute approximate surface area is 128 Å². The molecule has 0 aliphatic rings. The number of nitrogens with two attached hydrogens (primary N) is 1. The largest absolute Gasteiger partial charge is 0.464 e. The van der Waals surface area contributed by atoms with Crippen molar-refractivity contribution in [3.63, 3.8) is 0 Å². The van der Waals surface area contributed by atoms with E-state index in [-0.39, 0.29) is 19.0 Å². The van der Waals surface area contributed by atoms with Crippen LogP contribution in [0.2, 0.25) is 0 Å². The maximum Gasteiger partial charge on any atom is 0.342 e. The van der Waals surface area contributed by atoms with Crippen molar-refractivity contribution in [3.05, 3.63) is 32.7 Å². The molecule has 0 aliphatic heterocycles. The van der Waals surface area contributed by atoms with Crippen molar-refractivity contribution in [1.29, 1.82) is 0 Å². The minimum absolute atomic E-state index is 0. The zero-order chi connectivity index (χ0) is 13.0. The van der Waals surface area contributed by atoms with Crippen LogP contribution in [-0.4, -0.2) is 18.7 Å². The highest BCUT2D eigenvalue weighted by Crippen LogP contribution is 2.28. The highest BCUT2D eigenvalue weighted by Gasteiger charge is 2.29. The van der Waals surface area contributed by atoms with E-state index in [0.717, 1.165) is 4.47 Å². The molecule has 1 unspecified atom stereocenters. The van der Waals surface area contributed by atoms with E-state index >= 15 is 0 Å². The van der Waals surface area contributed by atoms with Crippen molar-refractivity contribution in [3.8, 4) is 0 Å². The second-order valence-corrected chi connectivity index (χ2v) is 5.12. The molecule has 0 saturated carbocycles. The van der Waals surface area contributed by atoms with Crippen LogP contribution in [0.4, 0.5) is 4.39 Å². The molecule has 0 saturated heterocycles. The van der Waals surface area contributed by atoms with Crippen molar-refractivity contribution in [2.45, 2.75) is 19.1 Å². The Kier molecular flexibility index (Phi) is 8.02. The minimum atomic E-state index is -1.87. The van der Waals surface area contributed by atoms with Gasteiger partial charge in [-0.05, 0) is 30.7 Å². The highest BCUT2D eigenvalue weighted by molar-refractivity contribution is 9.11. The number of ether oxygens (including phenoxy) is 1. The van der Waals surface area contributed by atoms with Crippen LogP contribution in [0.15, 0.2) is 27.1 Å². The first-order valence-corrected chi connectivity index (χ1v) is 6.57. The summed E-state index contributed by atoms with van der Waals surface area (Å²) in [6.45, 7) is 1.75. The fraction of sp³-hybridized carbons (Fsp3) is 0.364. The molecule has 0 heterocycles. The van der Waals surface area contributed by atoms with Gasteiger partial charge in [0.25, 0.3) is 0 Å². The molecule has 7 heteroatoms. The van der Waals surface area contributed by atoms with Crippen LogP contribution in [-0.2, 0) is 9.53 Å². The number of halogens is 4. The number of hydrogen-bond donors (Lipinski definition) is 1. The lowest BCUT2D eigenvalue weighted by atomic mass is 10.0. The average molecular weight is 405 g/mol. The van der Waals surface area contributed by atoms with Crippen LogP contribution in [0.5, 0.6) is 0 Å². The molecule has 0 spiro atoms. The summed E-state index contributed by atoms with van der Waals surface area (Å²) < 4.78 is 19.8. The van der Waals surface area contributed by atoms with Gasteiger partial charge in [0.05, 0.1) is 12.6 Å². The van der Waals surface area contributed by atoms with Gasteiger partial charge in [0.1, 0.15) is 0 Å². The molecule has 3 nitrogen and oxygen atoms in total. The summed E-state index contributed by atoms with van der Waals surface area (Å²) in [5, 5.41) is 0. The highest BCUT2D eigenvalue weighted by atomic mass is 79.9. The maximum absolute atomic E-state index is 13.7. The van der Waals surface area contributed by atoms with Crippen molar-refractivity contribution >= 4 is 50.2 Å². The van der Waals surface area contributed by atoms with Gasteiger partial charge in [0.15, 0.2) is 0 Å². The standard InChI is InChI=1S/C11H12Br2FNO2.ClH/c1-2-17-11(16)9(14)10(15)7-5-6(12)3-4-8(7)13;/h3-5,9-10H,2,15H2,1H3;1H/t9?,10-;/m1./s1. The predicted molar refractivity (Wildman–Crippen MR) is 77.5 cm³/mol. The number of carbonyl (C=O) groups excluding carboxylic acids is 1. The van der Waals surface area contributed by atoms with Crippen molar-refractivity contribution in [2.24, 2.45) is 5.73 Å². The van der Waals surface area contributed by atoms with Crippen LogP contribution < -0.4 is 5.73 Å². The van der Waals surface area contributed by atoms with Gasteiger partial charge >= 0.3 is 5.97 Å². The molecule has 1 rings (SSSR count). The zero-order valence-corrected chi connectivity index (χ0v) is 13.5. The summed E-state index contributed by atoms with van der Waals surface area (Å²) in [5.74, 6) is -0.938. The number of rotatable bonds is 4. The van der Waals surface area contributed by atoms with E-state index in [1.165, 1.54) is 0 Å². The molecule has 18 heavy (non-hydrogen) atoms. The molecule has 1 aromatic carbocycles. The summed E-state index contributed by atoms with van der Waals surface area (Å²) in [4.78, 5) is 11.2. The number of hydrogen-bond acceptors (Lipinski definition) is 3. The molecule has 102 valence electrons. The third-order valence-corrected chi connectivity index (χ3v) is 3.36. The van der Waals surface area contributed by atoms with Crippen molar-refractivity contribution < 1.29 is 13.9 Å². The van der Waals surface area contributed by atoms with Gasteiger partial charge in [-0.1, -0.05) is 31.9 Å². The Balaban J connectivity index is 0.00000289. The third kappa shape index (κ3) is 4.50. The summed E-state index contributed by atoms with van der Waals surface area (Å²) >= 11 is 6.53. The van der Waals surface area contributed by atoms with Gasteiger partial charge in [0.2, 0.25) is 6.17 Å². The SMILES string of the molecule is CCOC(=O)C(F)[C@H](N)c1cc(Br)ccc1Br.Cl. The Hall–Kier alpha value is -0.170.